The van der Waals surface area contributed by atoms with E-state index >= 15 is 0 Å². The maximum atomic E-state index is 12.9. The molecule has 3 N–H and O–H groups in total. The minimum atomic E-state index is -0.890. The SMILES string of the molecule is CCCCCCCCCCCCC(CC(=O)c1ccc(NCc2ccc3ccc4nc(C)[nH]c(=O)c4c3c2)cc1)C(=O)O. The minimum Gasteiger partial charge on any atom is -0.481 e. The Kier molecular flexibility index (Phi) is 11.9. The van der Waals surface area contributed by atoms with Gasteiger partial charge in [0.05, 0.1) is 16.8 Å². The van der Waals surface area contributed by atoms with Crippen LogP contribution in [0.2, 0.25) is 0 Å². The summed E-state index contributed by atoms with van der Waals surface area (Å²) in [6, 6.07) is 17.1. The fourth-order valence-corrected chi connectivity index (χ4v) is 5.74. The molecule has 0 aliphatic rings. The van der Waals surface area contributed by atoms with E-state index in [2.05, 4.69) is 22.2 Å². The molecule has 7 nitrogen and oxygen atoms in total. The van der Waals surface area contributed by atoms with Gasteiger partial charge in [-0.15, -0.1) is 0 Å². The number of hydrogen-bond donors (Lipinski definition) is 3. The summed E-state index contributed by atoms with van der Waals surface area (Å²) in [7, 11) is 0. The molecule has 1 heterocycles. The van der Waals surface area contributed by atoms with Crippen molar-refractivity contribution < 1.29 is 14.7 Å². The van der Waals surface area contributed by atoms with Gasteiger partial charge in [-0.3, -0.25) is 14.4 Å². The highest BCUT2D eigenvalue weighted by Crippen LogP contribution is 2.24. The third kappa shape index (κ3) is 9.24. The Morgan fingerprint density at radius 1 is 0.884 bits per heavy atom. The number of rotatable bonds is 18. The predicted octanol–water partition coefficient (Wildman–Crippen LogP) is 8.58. The lowest BCUT2D eigenvalue weighted by Gasteiger charge is -2.12. The lowest BCUT2D eigenvalue weighted by molar-refractivity contribution is -0.141. The molecule has 228 valence electrons. The van der Waals surface area contributed by atoms with Gasteiger partial charge >= 0.3 is 5.97 Å². The maximum Gasteiger partial charge on any atom is 0.306 e. The number of carbonyl (C=O) groups is 2. The molecule has 0 spiro atoms. The highest BCUT2D eigenvalue weighted by molar-refractivity contribution is 6.05. The molecule has 0 amide bonds. The molecule has 0 radical (unpaired) electrons. The van der Waals surface area contributed by atoms with Crippen LogP contribution in [0.1, 0.15) is 106 Å². The van der Waals surface area contributed by atoms with Crippen molar-refractivity contribution in [3.63, 3.8) is 0 Å². The van der Waals surface area contributed by atoms with Crippen LogP contribution in [0.5, 0.6) is 0 Å². The normalized spacial score (nSPS) is 12.0. The summed E-state index contributed by atoms with van der Waals surface area (Å²) in [5.41, 5.74) is 2.92. The highest BCUT2D eigenvalue weighted by Gasteiger charge is 2.21. The zero-order valence-corrected chi connectivity index (χ0v) is 25.6. The summed E-state index contributed by atoms with van der Waals surface area (Å²) in [5, 5.41) is 15.5. The standard InChI is InChI=1S/C36H45N3O4/c1-3-4-5-6-7-8-9-10-11-12-13-29(36(42)43)23-33(40)28-16-19-30(20-17-28)37-24-26-14-15-27-18-21-32-34(31(27)22-26)35(41)39-25(2)38-32/h14-22,29,37H,3-13,23-24H2,1-2H3,(H,42,43)(H,38,39,41). The number of carboxylic acids is 1. The molecular formula is C36H45N3O4. The van der Waals surface area contributed by atoms with Gasteiger partial charge in [0.1, 0.15) is 5.82 Å². The number of carbonyl (C=O) groups excluding carboxylic acids is 1. The van der Waals surface area contributed by atoms with E-state index in [9.17, 15) is 19.5 Å². The van der Waals surface area contributed by atoms with E-state index in [0.717, 1.165) is 41.3 Å². The molecule has 0 fully saturated rings. The summed E-state index contributed by atoms with van der Waals surface area (Å²) < 4.78 is 0. The third-order valence-electron chi connectivity index (χ3n) is 8.26. The van der Waals surface area contributed by atoms with E-state index in [1.165, 1.54) is 44.9 Å². The fourth-order valence-electron chi connectivity index (χ4n) is 5.74. The minimum absolute atomic E-state index is 0.0259. The number of benzene rings is 3. The van der Waals surface area contributed by atoms with Gasteiger partial charge < -0.3 is 15.4 Å². The molecule has 0 saturated heterocycles. The van der Waals surface area contributed by atoms with Crippen molar-refractivity contribution in [2.45, 2.75) is 97.4 Å². The van der Waals surface area contributed by atoms with Crippen LogP contribution in [0, 0.1) is 12.8 Å². The van der Waals surface area contributed by atoms with Gasteiger partial charge in [-0.2, -0.15) is 0 Å². The number of carboxylic acid groups (broad SMARTS) is 1. The average molecular weight is 584 g/mol. The first-order chi connectivity index (χ1) is 20.9. The number of ketones is 1. The summed E-state index contributed by atoms with van der Waals surface area (Å²) in [4.78, 5) is 44.7. The largest absolute Gasteiger partial charge is 0.481 e. The molecule has 1 atom stereocenters. The first-order valence-corrected chi connectivity index (χ1v) is 15.9. The molecule has 0 saturated carbocycles. The van der Waals surface area contributed by atoms with Crippen molar-refractivity contribution in [2.24, 2.45) is 5.92 Å². The second kappa shape index (κ2) is 16.0. The molecule has 3 aromatic carbocycles. The number of unbranched alkanes of at least 4 members (excludes halogenated alkanes) is 9. The Hall–Kier alpha value is -4.00. The summed E-state index contributed by atoms with van der Waals surface area (Å²) in [5.74, 6) is -1.08. The van der Waals surface area contributed by atoms with Crippen molar-refractivity contribution in [1.29, 1.82) is 0 Å². The number of aromatic nitrogens is 2. The summed E-state index contributed by atoms with van der Waals surface area (Å²) in [6.07, 6.45) is 12.6. The number of Topliss-reactive ketones (excluding diaryl/α,β-unsaturated/α-hetero) is 1. The molecule has 0 aliphatic carbocycles. The van der Waals surface area contributed by atoms with Gasteiger partial charge in [0, 0.05) is 24.2 Å². The number of H-pyrrole nitrogens is 1. The number of nitrogens with one attached hydrogen (secondary N) is 2. The molecule has 1 aromatic heterocycles. The van der Waals surface area contributed by atoms with Crippen LogP contribution in [-0.4, -0.2) is 26.8 Å². The molecule has 43 heavy (non-hydrogen) atoms. The number of aryl methyl sites for hydroxylation is 1. The zero-order chi connectivity index (χ0) is 30.6. The second-order valence-electron chi connectivity index (χ2n) is 11.7. The van der Waals surface area contributed by atoms with Crippen molar-refractivity contribution in [2.75, 3.05) is 5.32 Å². The molecule has 7 heteroatoms. The van der Waals surface area contributed by atoms with E-state index in [4.69, 9.17) is 0 Å². The van der Waals surface area contributed by atoms with Crippen molar-refractivity contribution in [3.8, 4) is 0 Å². The van der Waals surface area contributed by atoms with E-state index in [1.807, 2.05) is 42.5 Å². The molecule has 4 rings (SSSR count). The van der Waals surface area contributed by atoms with Crippen molar-refractivity contribution in [1.82, 2.24) is 9.97 Å². The Labute approximate surface area is 254 Å². The quantitative estimate of drug-likeness (QED) is 0.0614. The van der Waals surface area contributed by atoms with Gasteiger partial charge in [0.25, 0.3) is 5.56 Å². The lowest BCUT2D eigenvalue weighted by atomic mass is 9.93. The van der Waals surface area contributed by atoms with E-state index in [0.29, 0.717) is 35.3 Å². The first-order valence-electron chi connectivity index (χ1n) is 15.9. The smallest absolute Gasteiger partial charge is 0.306 e. The topological polar surface area (TPSA) is 112 Å². The monoisotopic (exact) mass is 583 g/mol. The number of aliphatic carboxylic acids is 1. The third-order valence-corrected chi connectivity index (χ3v) is 8.26. The lowest BCUT2D eigenvalue weighted by Crippen LogP contribution is -2.18. The fraction of sp³-hybridized carbons (Fsp3) is 0.444. The number of anilines is 1. The van der Waals surface area contributed by atoms with E-state index in [-0.39, 0.29) is 17.8 Å². The van der Waals surface area contributed by atoms with E-state index in [1.54, 1.807) is 19.1 Å². The van der Waals surface area contributed by atoms with Crippen LogP contribution in [0.15, 0.2) is 59.4 Å². The van der Waals surface area contributed by atoms with Gasteiger partial charge in [0.2, 0.25) is 0 Å². The van der Waals surface area contributed by atoms with Crippen LogP contribution in [0.4, 0.5) is 5.69 Å². The molecular weight excluding hydrogens is 538 g/mol. The molecule has 0 bridgehead atoms. The van der Waals surface area contributed by atoms with Crippen LogP contribution >= 0.6 is 0 Å². The Bertz CT molecular complexity index is 1580. The maximum absolute atomic E-state index is 12.9. The Morgan fingerprint density at radius 2 is 1.53 bits per heavy atom. The molecule has 0 aliphatic heterocycles. The molecule has 1 unspecified atom stereocenters. The predicted molar refractivity (Wildman–Crippen MR) is 175 cm³/mol. The number of fused-ring (bicyclic) bond motifs is 3. The first kappa shape index (κ1) is 31.9. The Morgan fingerprint density at radius 3 is 2.21 bits per heavy atom. The van der Waals surface area contributed by atoms with Crippen LogP contribution in [-0.2, 0) is 11.3 Å². The zero-order valence-electron chi connectivity index (χ0n) is 25.6. The number of nitrogens with zero attached hydrogens (tertiary/aromatic N) is 1. The van der Waals surface area contributed by atoms with Gasteiger partial charge in [-0.1, -0.05) is 89.3 Å². The Balaban J connectivity index is 1.26. The summed E-state index contributed by atoms with van der Waals surface area (Å²) in [6.45, 7) is 4.54. The van der Waals surface area contributed by atoms with E-state index < -0.39 is 11.9 Å². The van der Waals surface area contributed by atoms with Crippen LogP contribution in [0.25, 0.3) is 21.7 Å². The number of hydrogen-bond acceptors (Lipinski definition) is 5. The molecule has 4 aromatic rings. The average Bonchev–Trinajstić information content (AvgIpc) is 2.99. The van der Waals surface area contributed by atoms with Crippen molar-refractivity contribution >= 4 is 39.1 Å². The van der Waals surface area contributed by atoms with Gasteiger partial charge in [0.15, 0.2) is 5.78 Å². The summed E-state index contributed by atoms with van der Waals surface area (Å²) >= 11 is 0. The number of aromatic amines is 1. The highest BCUT2D eigenvalue weighted by atomic mass is 16.4. The van der Waals surface area contributed by atoms with Gasteiger partial charge in [-0.25, -0.2) is 4.98 Å². The second-order valence-corrected chi connectivity index (χ2v) is 11.7. The van der Waals surface area contributed by atoms with Gasteiger partial charge in [-0.05, 0) is 66.1 Å². The van der Waals surface area contributed by atoms with Crippen molar-refractivity contribution in [3.05, 3.63) is 81.9 Å². The van der Waals surface area contributed by atoms with Crippen LogP contribution in [0.3, 0.4) is 0 Å². The van der Waals surface area contributed by atoms with Crippen LogP contribution < -0.4 is 10.9 Å².